The molecule has 2 rings (SSSR count). The van der Waals surface area contributed by atoms with Gasteiger partial charge in [-0.05, 0) is 38.2 Å². The van der Waals surface area contributed by atoms with Crippen LogP contribution in [0.4, 0.5) is 5.69 Å². The molecule has 1 aliphatic rings. The number of aryl methyl sites for hydroxylation is 1. The van der Waals surface area contributed by atoms with E-state index in [1.54, 1.807) is 6.07 Å². The van der Waals surface area contributed by atoms with Gasteiger partial charge in [-0.2, -0.15) is 11.8 Å². The number of carboxylic acid groups (broad SMARTS) is 1. The lowest BCUT2D eigenvalue weighted by atomic mass is 10.1. The van der Waals surface area contributed by atoms with Crippen molar-refractivity contribution < 1.29 is 9.90 Å². The van der Waals surface area contributed by atoms with Crippen LogP contribution in [-0.4, -0.2) is 28.6 Å². The zero-order chi connectivity index (χ0) is 13.9. The van der Waals surface area contributed by atoms with Gasteiger partial charge >= 0.3 is 5.97 Å². The predicted molar refractivity (Wildman–Crippen MR) is 81.3 cm³/mol. The minimum absolute atomic E-state index is 0.278. The summed E-state index contributed by atoms with van der Waals surface area (Å²) in [5, 5.41) is 12.6. The van der Waals surface area contributed by atoms with Crippen molar-refractivity contribution >= 4 is 23.4 Å². The van der Waals surface area contributed by atoms with Gasteiger partial charge in [0.1, 0.15) is 0 Å². The highest BCUT2D eigenvalue weighted by molar-refractivity contribution is 8.00. The van der Waals surface area contributed by atoms with Crippen LogP contribution >= 0.6 is 11.8 Å². The van der Waals surface area contributed by atoms with Crippen molar-refractivity contribution in [2.24, 2.45) is 0 Å². The third-order valence-electron chi connectivity index (χ3n) is 3.95. The topological polar surface area (TPSA) is 49.3 Å². The zero-order valence-corrected chi connectivity index (χ0v) is 12.3. The number of hydrogen-bond acceptors (Lipinski definition) is 3. The van der Waals surface area contributed by atoms with E-state index in [0.717, 1.165) is 17.8 Å². The highest BCUT2D eigenvalue weighted by atomic mass is 32.2. The Bertz CT molecular complexity index is 467. The highest BCUT2D eigenvalue weighted by Crippen LogP contribution is 2.40. The monoisotopic (exact) mass is 279 g/mol. The molecule has 4 heteroatoms. The summed E-state index contributed by atoms with van der Waals surface area (Å²) in [5.74, 6) is -0.865. The highest BCUT2D eigenvalue weighted by Gasteiger charge is 2.32. The lowest BCUT2D eigenvalue weighted by molar-refractivity contribution is 0.0698. The zero-order valence-electron chi connectivity index (χ0n) is 11.5. The van der Waals surface area contributed by atoms with Crippen LogP contribution in [0, 0.1) is 6.92 Å². The molecule has 1 saturated carbocycles. The Kier molecular flexibility index (Phi) is 4.40. The molecule has 3 nitrogen and oxygen atoms in total. The first kappa shape index (κ1) is 14.3. The Morgan fingerprint density at radius 2 is 2.11 bits per heavy atom. The van der Waals surface area contributed by atoms with Crippen LogP contribution in [-0.2, 0) is 0 Å². The molecule has 0 unspecified atom stereocenters. The van der Waals surface area contributed by atoms with E-state index in [0.29, 0.717) is 5.56 Å². The van der Waals surface area contributed by atoms with Gasteiger partial charge in [-0.3, -0.25) is 0 Å². The van der Waals surface area contributed by atoms with Crippen molar-refractivity contribution in [2.45, 2.75) is 37.4 Å². The maximum absolute atomic E-state index is 11.3. The molecule has 2 N–H and O–H groups in total. The lowest BCUT2D eigenvalue weighted by Crippen LogP contribution is -2.30. The fourth-order valence-corrected chi connectivity index (χ4v) is 3.63. The van der Waals surface area contributed by atoms with Gasteiger partial charge in [0.2, 0.25) is 0 Å². The fraction of sp³-hybridized carbons (Fsp3) is 0.533. The van der Waals surface area contributed by atoms with E-state index in [1.807, 2.05) is 30.8 Å². The first-order chi connectivity index (χ1) is 9.06. The summed E-state index contributed by atoms with van der Waals surface area (Å²) >= 11 is 1.91. The first-order valence-electron chi connectivity index (χ1n) is 6.69. The summed E-state index contributed by atoms with van der Waals surface area (Å²) < 4.78 is 0.278. The van der Waals surface area contributed by atoms with Gasteiger partial charge in [-0.15, -0.1) is 0 Å². The molecule has 1 aromatic rings. The quantitative estimate of drug-likeness (QED) is 0.861. The predicted octanol–water partition coefficient (Wildman–Crippen LogP) is 3.78. The van der Waals surface area contributed by atoms with Crippen molar-refractivity contribution in [3.63, 3.8) is 0 Å². The summed E-state index contributed by atoms with van der Waals surface area (Å²) in [4.78, 5) is 11.3. The molecule has 0 heterocycles. The molecule has 0 radical (unpaired) electrons. The number of thioether (sulfide) groups is 1. The molecular formula is C15H21NO2S. The third kappa shape index (κ3) is 3.24. The fourth-order valence-electron chi connectivity index (χ4n) is 2.72. The van der Waals surface area contributed by atoms with Gasteiger partial charge in [-0.25, -0.2) is 4.79 Å². The van der Waals surface area contributed by atoms with Gasteiger partial charge in [0.15, 0.2) is 0 Å². The Hall–Kier alpha value is -1.16. The molecule has 104 valence electrons. The molecule has 0 atom stereocenters. The second kappa shape index (κ2) is 5.87. The molecule has 1 aliphatic carbocycles. The SMILES string of the molecule is CSC1(CNc2ccc(C)cc2C(=O)O)CCCC1. The second-order valence-corrected chi connectivity index (χ2v) is 6.58. The summed E-state index contributed by atoms with van der Waals surface area (Å²) in [6.07, 6.45) is 7.15. The van der Waals surface area contributed by atoms with Gasteiger partial charge in [0.25, 0.3) is 0 Å². The third-order valence-corrected chi connectivity index (χ3v) is 5.37. The number of aromatic carboxylic acids is 1. The largest absolute Gasteiger partial charge is 0.478 e. The Morgan fingerprint density at radius 3 is 2.68 bits per heavy atom. The summed E-state index contributed by atoms with van der Waals surface area (Å²) in [7, 11) is 0. The van der Waals surface area contributed by atoms with E-state index < -0.39 is 5.97 Å². The molecule has 0 aromatic heterocycles. The minimum atomic E-state index is -0.865. The van der Waals surface area contributed by atoms with Gasteiger partial charge < -0.3 is 10.4 Å². The van der Waals surface area contributed by atoms with Gasteiger partial charge in [0, 0.05) is 17.0 Å². The van der Waals surface area contributed by atoms with Gasteiger partial charge in [-0.1, -0.05) is 24.5 Å². The van der Waals surface area contributed by atoms with Crippen molar-refractivity contribution in [1.82, 2.24) is 0 Å². The van der Waals surface area contributed by atoms with E-state index in [1.165, 1.54) is 25.7 Å². The number of rotatable bonds is 5. The van der Waals surface area contributed by atoms with E-state index in [9.17, 15) is 9.90 Å². The minimum Gasteiger partial charge on any atom is -0.478 e. The molecule has 0 bridgehead atoms. The first-order valence-corrected chi connectivity index (χ1v) is 7.92. The van der Waals surface area contributed by atoms with Crippen LogP contribution < -0.4 is 5.32 Å². The van der Waals surface area contributed by atoms with Crippen LogP contribution in [0.2, 0.25) is 0 Å². The number of nitrogens with one attached hydrogen (secondary N) is 1. The average molecular weight is 279 g/mol. The number of hydrogen-bond donors (Lipinski definition) is 2. The molecule has 1 fully saturated rings. The number of carbonyl (C=O) groups is 1. The molecular weight excluding hydrogens is 258 g/mol. The summed E-state index contributed by atoms with van der Waals surface area (Å²) in [6, 6.07) is 5.56. The van der Waals surface area contributed by atoms with E-state index in [-0.39, 0.29) is 4.75 Å². The van der Waals surface area contributed by atoms with E-state index >= 15 is 0 Å². The molecule has 0 aliphatic heterocycles. The van der Waals surface area contributed by atoms with Crippen LogP contribution in [0.3, 0.4) is 0 Å². The van der Waals surface area contributed by atoms with Crippen LogP contribution in [0.1, 0.15) is 41.6 Å². The van der Waals surface area contributed by atoms with Crippen LogP contribution in [0.25, 0.3) is 0 Å². The van der Waals surface area contributed by atoms with Crippen molar-refractivity contribution in [3.05, 3.63) is 29.3 Å². The Morgan fingerprint density at radius 1 is 1.42 bits per heavy atom. The number of anilines is 1. The summed E-state index contributed by atoms with van der Waals surface area (Å²) in [5.41, 5.74) is 2.08. The standard InChI is InChI=1S/C15H21NO2S/c1-11-5-6-13(12(9-11)14(17)18)16-10-15(19-2)7-3-4-8-15/h5-6,9,16H,3-4,7-8,10H2,1-2H3,(H,17,18). The van der Waals surface area contributed by atoms with Crippen molar-refractivity contribution in [1.29, 1.82) is 0 Å². The van der Waals surface area contributed by atoms with E-state index in [4.69, 9.17) is 0 Å². The van der Waals surface area contributed by atoms with E-state index in [2.05, 4.69) is 11.6 Å². The maximum Gasteiger partial charge on any atom is 0.337 e. The normalized spacial score (nSPS) is 17.4. The molecule has 0 amide bonds. The number of carboxylic acids is 1. The van der Waals surface area contributed by atoms with Crippen molar-refractivity contribution in [2.75, 3.05) is 18.1 Å². The average Bonchev–Trinajstić information content (AvgIpc) is 2.86. The maximum atomic E-state index is 11.3. The van der Waals surface area contributed by atoms with Gasteiger partial charge in [0.05, 0.1) is 5.56 Å². The smallest absolute Gasteiger partial charge is 0.337 e. The summed E-state index contributed by atoms with van der Waals surface area (Å²) in [6.45, 7) is 2.76. The molecule has 0 spiro atoms. The Labute approximate surface area is 118 Å². The second-order valence-electron chi connectivity index (χ2n) is 5.30. The molecule has 1 aromatic carbocycles. The lowest BCUT2D eigenvalue weighted by Gasteiger charge is -2.27. The van der Waals surface area contributed by atoms with Crippen LogP contribution in [0.5, 0.6) is 0 Å². The number of benzene rings is 1. The molecule has 19 heavy (non-hydrogen) atoms. The van der Waals surface area contributed by atoms with Crippen LogP contribution in [0.15, 0.2) is 18.2 Å². The van der Waals surface area contributed by atoms with Crippen molar-refractivity contribution in [3.8, 4) is 0 Å². The molecule has 0 saturated heterocycles. The Balaban J connectivity index is 2.13.